The summed E-state index contributed by atoms with van der Waals surface area (Å²) in [4.78, 5) is 39.1. The van der Waals surface area contributed by atoms with Crippen LogP contribution < -0.4 is 5.32 Å². The number of carboxylic acids is 1. The van der Waals surface area contributed by atoms with Crippen molar-refractivity contribution < 1.29 is 19.5 Å². The predicted molar refractivity (Wildman–Crippen MR) is 73.4 cm³/mol. The van der Waals surface area contributed by atoms with Crippen molar-refractivity contribution in [2.24, 2.45) is 11.3 Å². The zero-order valence-electron chi connectivity index (χ0n) is 12.3. The van der Waals surface area contributed by atoms with Gasteiger partial charge in [0.05, 0.1) is 11.5 Å². The van der Waals surface area contributed by atoms with Crippen molar-refractivity contribution in [3.05, 3.63) is 0 Å². The van der Waals surface area contributed by atoms with E-state index < -0.39 is 17.4 Å². The molecule has 3 saturated heterocycles. The van der Waals surface area contributed by atoms with Gasteiger partial charge in [0.15, 0.2) is 0 Å². The van der Waals surface area contributed by atoms with Gasteiger partial charge in [-0.25, -0.2) is 4.79 Å². The molecule has 2 amide bonds. The van der Waals surface area contributed by atoms with Crippen LogP contribution in [0.15, 0.2) is 0 Å². The Morgan fingerprint density at radius 3 is 2.48 bits per heavy atom. The molecule has 3 aliphatic rings. The second kappa shape index (κ2) is 4.69. The third kappa shape index (κ3) is 2.19. The first-order valence-electron chi connectivity index (χ1n) is 7.42. The molecule has 1 spiro atoms. The number of nitrogens with zero attached hydrogens (tertiary/aromatic N) is 2. The molecule has 3 fully saturated rings. The fourth-order valence-corrected chi connectivity index (χ4v) is 3.48. The van der Waals surface area contributed by atoms with Crippen LogP contribution in [0.1, 0.15) is 20.3 Å². The Balaban J connectivity index is 1.67. The summed E-state index contributed by atoms with van der Waals surface area (Å²) in [6.07, 6.45) is 0.643. The van der Waals surface area contributed by atoms with Gasteiger partial charge in [-0.1, -0.05) is 13.8 Å². The van der Waals surface area contributed by atoms with Gasteiger partial charge in [0, 0.05) is 26.2 Å². The van der Waals surface area contributed by atoms with Gasteiger partial charge in [-0.3, -0.25) is 9.59 Å². The molecular weight excluding hydrogens is 274 g/mol. The Morgan fingerprint density at radius 2 is 2.00 bits per heavy atom. The number of amides is 2. The summed E-state index contributed by atoms with van der Waals surface area (Å²) < 4.78 is 0. The summed E-state index contributed by atoms with van der Waals surface area (Å²) in [6, 6.07) is -0.843. The van der Waals surface area contributed by atoms with Gasteiger partial charge in [-0.05, 0) is 12.3 Å². The molecule has 2 atom stereocenters. The number of carbonyl (C=O) groups is 3. The average Bonchev–Trinajstić information content (AvgIpc) is 3.13. The highest BCUT2D eigenvalue weighted by molar-refractivity contribution is 5.93. The van der Waals surface area contributed by atoms with Gasteiger partial charge in [-0.2, -0.15) is 0 Å². The van der Waals surface area contributed by atoms with E-state index in [2.05, 4.69) is 5.32 Å². The van der Waals surface area contributed by atoms with Crippen molar-refractivity contribution >= 4 is 17.8 Å². The van der Waals surface area contributed by atoms with E-state index in [0.29, 0.717) is 26.1 Å². The van der Waals surface area contributed by atoms with Gasteiger partial charge in [0.1, 0.15) is 6.04 Å². The van der Waals surface area contributed by atoms with Crippen LogP contribution in [0.2, 0.25) is 0 Å². The van der Waals surface area contributed by atoms with E-state index >= 15 is 0 Å². The highest BCUT2D eigenvalue weighted by Crippen LogP contribution is 2.42. The van der Waals surface area contributed by atoms with Crippen molar-refractivity contribution in [3.63, 3.8) is 0 Å². The summed E-state index contributed by atoms with van der Waals surface area (Å²) in [5.41, 5.74) is -0.535. The molecule has 3 aliphatic heterocycles. The average molecular weight is 295 g/mol. The molecule has 0 bridgehead atoms. The molecule has 0 aromatic rings. The SMILES string of the molecule is CC(C)[C@@H](C(=O)O)N1CCC2(CN(C(=O)[C@@H]3CN3)C2)C1=O. The lowest BCUT2D eigenvalue weighted by molar-refractivity contribution is -0.160. The van der Waals surface area contributed by atoms with Crippen molar-refractivity contribution in [2.45, 2.75) is 32.4 Å². The third-order valence-corrected chi connectivity index (χ3v) is 4.77. The van der Waals surface area contributed by atoms with Crippen molar-refractivity contribution in [1.29, 1.82) is 0 Å². The van der Waals surface area contributed by atoms with E-state index in [-0.39, 0.29) is 23.8 Å². The van der Waals surface area contributed by atoms with E-state index in [1.807, 2.05) is 13.8 Å². The number of rotatable bonds is 4. The van der Waals surface area contributed by atoms with Crippen LogP contribution in [0.4, 0.5) is 0 Å². The molecule has 116 valence electrons. The zero-order chi connectivity index (χ0) is 15.4. The van der Waals surface area contributed by atoms with E-state index in [0.717, 1.165) is 6.54 Å². The minimum atomic E-state index is -0.954. The van der Waals surface area contributed by atoms with Gasteiger partial charge >= 0.3 is 5.97 Å². The molecule has 0 aromatic heterocycles. The number of hydrogen-bond acceptors (Lipinski definition) is 4. The van der Waals surface area contributed by atoms with Gasteiger partial charge in [0.2, 0.25) is 11.8 Å². The van der Waals surface area contributed by atoms with E-state index in [9.17, 15) is 19.5 Å². The Kier molecular flexibility index (Phi) is 3.20. The molecule has 0 radical (unpaired) electrons. The van der Waals surface area contributed by atoms with Crippen molar-refractivity contribution in [2.75, 3.05) is 26.2 Å². The monoisotopic (exact) mass is 295 g/mol. The normalized spacial score (nSPS) is 28.0. The maximum absolute atomic E-state index is 12.6. The maximum atomic E-state index is 12.6. The fourth-order valence-electron chi connectivity index (χ4n) is 3.48. The highest BCUT2D eigenvalue weighted by atomic mass is 16.4. The van der Waals surface area contributed by atoms with Crippen molar-refractivity contribution in [1.82, 2.24) is 15.1 Å². The van der Waals surface area contributed by atoms with E-state index in [4.69, 9.17) is 0 Å². The Morgan fingerprint density at radius 1 is 1.38 bits per heavy atom. The first-order chi connectivity index (χ1) is 9.85. The maximum Gasteiger partial charge on any atom is 0.326 e. The number of carboxylic acid groups (broad SMARTS) is 1. The minimum Gasteiger partial charge on any atom is -0.480 e. The van der Waals surface area contributed by atoms with Crippen molar-refractivity contribution in [3.8, 4) is 0 Å². The molecule has 3 heterocycles. The number of aliphatic carboxylic acids is 1. The molecule has 7 nitrogen and oxygen atoms in total. The molecule has 21 heavy (non-hydrogen) atoms. The fraction of sp³-hybridized carbons (Fsp3) is 0.786. The van der Waals surface area contributed by atoms with Crippen LogP contribution in [-0.4, -0.2) is 71.0 Å². The first-order valence-corrected chi connectivity index (χ1v) is 7.42. The van der Waals surface area contributed by atoms with E-state index in [1.165, 1.54) is 4.90 Å². The number of nitrogens with one attached hydrogen (secondary N) is 1. The molecule has 3 rings (SSSR count). The van der Waals surface area contributed by atoms with Crippen LogP contribution in [0, 0.1) is 11.3 Å². The quantitative estimate of drug-likeness (QED) is 0.657. The summed E-state index contributed by atoms with van der Waals surface area (Å²) in [7, 11) is 0. The number of likely N-dealkylation sites (tertiary alicyclic amines) is 2. The van der Waals surface area contributed by atoms with Crippen LogP contribution >= 0.6 is 0 Å². The van der Waals surface area contributed by atoms with Gasteiger partial charge in [0.25, 0.3) is 0 Å². The van der Waals surface area contributed by atoms with Crippen LogP contribution in [0.5, 0.6) is 0 Å². The lowest BCUT2D eigenvalue weighted by atomic mass is 9.78. The number of carbonyl (C=O) groups excluding carboxylic acids is 2. The Hall–Kier alpha value is -1.63. The summed E-state index contributed by atoms with van der Waals surface area (Å²) in [5, 5.41) is 12.3. The molecule has 0 saturated carbocycles. The van der Waals surface area contributed by atoms with Crippen LogP contribution in [-0.2, 0) is 14.4 Å². The highest BCUT2D eigenvalue weighted by Gasteiger charge is 2.58. The lowest BCUT2D eigenvalue weighted by Gasteiger charge is -2.46. The van der Waals surface area contributed by atoms with Crippen LogP contribution in [0.25, 0.3) is 0 Å². The molecule has 0 aliphatic carbocycles. The predicted octanol–water partition coefficient (Wildman–Crippen LogP) is -0.872. The second-order valence-electron chi connectivity index (χ2n) is 6.71. The Bertz CT molecular complexity index is 494. The molecule has 7 heteroatoms. The summed E-state index contributed by atoms with van der Waals surface area (Å²) in [5.74, 6) is -1.12. The Labute approximate surface area is 123 Å². The van der Waals surface area contributed by atoms with Gasteiger partial charge in [-0.15, -0.1) is 0 Å². The lowest BCUT2D eigenvalue weighted by Crippen LogP contribution is -2.63. The smallest absolute Gasteiger partial charge is 0.326 e. The topological polar surface area (TPSA) is 99.9 Å². The molecular formula is C14H21N3O4. The minimum absolute atomic E-state index is 0.0607. The van der Waals surface area contributed by atoms with Gasteiger partial charge < -0.3 is 20.2 Å². The van der Waals surface area contributed by atoms with Crippen LogP contribution in [0.3, 0.4) is 0 Å². The van der Waals surface area contributed by atoms with E-state index in [1.54, 1.807) is 4.90 Å². The second-order valence-corrected chi connectivity index (χ2v) is 6.71. The largest absolute Gasteiger partial charge is 0.480 e. The molecule has 2 N–H and O–H groups in total. The third-order valence-electron chi connectivity index (χ3n) is 4.77. The number of hydrogen-bond donors (Lipinski definition) is 2. The standard InChI is InChI=1S/C14H21N3O4/c1-8(2)10(12(19)20)17-4-3-14(13(17)21)6-16(7-14)11(18)9-5-15-9/h8-10,15H,3-7H2,1-2H3,(H,19,20)/t9-,10-/m0/s1. The summed E-state index contributed by atoms with van der Waals surface area (Å²) >= 11 is 0. The summed E-state index contributed by atoms with van der Waals surface area (Å²) in [6.45, 7) is 5.68. The molecule has 0 unspecified atom stereocenters. The first kappa shape index (κ1) is 14.3. The molecule has 0 aromatic carbocycles. The zero-order valence-corrected chi connectivity index (χ0v) is 12.3.